The highest BCUT2D eigenvalue weighted by Crippen LogP contribution is 2.35. The van der Waals surface area contributed by atoms with E-state index in [9.17, 15) is 23.1 Å². The molecule has 0 aromatic carbocycles. The molecule has 1 aliphatic heterocycles. The largest absolute Gasteiger partial charge is 0.444 e. The van der Waals surface area contributed by atoms with Gasteiger partial charge in [-0.15, -0.1) is 0 Å². The van der Waals surface area contributed by atoms with Gasteiger partial charge >= 0.3 is 16.4 Å². The Hall–Kier alpha value is -1.43. The molecule has 2 amide bonds. The van der Waals surface area contributed by atoms with Crippen LogP contribution in [-0.4, -0.2) is 70.9 Å². The Labute approximate surface area is 121 Å². The maximum Gasteiger partial charge on any atom is 0.407 e. The van der Waals surface area contributed by atoms with Crippen LogP contribution in [0.5, 0.6) is 0 Å². The van der Waals surface area contributed by atoms with Gasteiger partial charge in [0.2, 0.25) is 5.91 Å². The summed E-state index contributed by atoms with van der Waals surface area (Å²) in [6.45, 7) is 2.24. The average Bonchev–Trinajstić information content (AvgIpc) is 2.30. The van der Waals surface area contributed by atoms with E-state index in [-0.39, 0.29) is 17.5 Å². The summed E-state index contributed by atoms with van der Waals surface area (Å²) in [5.74, 6) is -2.07. The summed E-state index contributed by atoms with van der Waals surface area (Å²) in [4.78, 5) is 23.0. The SMILES string of the molecule is C[C@H](OC(=O)NCCO)[C@@H]1[C@@H]([C@@H](C)O)C(=O)N1S(=O)(=O)O. The van der Waals surface area contributed by atoms with Crippen LogP contribution in [0.25, 0.3) is 0 Å². The maximum atomic E-state index is 11.7. The topological polar surface area (TPSA) is 153 Å². The Bertz CT molecular complexity index is 505. The van der Waals surface area contributed by atoms with Crippen molar-refractivity contribution in [2.24, 2.45) is 5.92 Å². The van der Waals surface area contributed by atoms with Gasteiger partial charge in [0.15, 0.2) is 0 Å². The number of nitrogens with one attached hydrogen (secondary N) is 1. The molecule has 0 aromatic rings. The Kier molecular flexibility index (Phi) is 5.50. The molecule has 4 N–H and O–H groups in total. The molecular weight excluding hydrogens is 308 g/mol. The molecule has 0 radical (unpaired) electrons. The quantitative estimate of drug-likeness (QED) is 0.326. The number of carbonyl (C=O) groups excluding carboxylic acids is 2. The van der Waals surface area contributed by atoms with E-state index in [2.05, 4.69) is 5.32 Å². The monoisotopic (exact) mass is 326 g/mol. The van der Waals surface area contributed by atoms with Crippen molar-refractivity contribution < 1.29 is 37.5 Å². The fourth-order valence-corrected chi connectivity index (χ4v) is 3.14. The van der Waals surface area contributed by atoms with Crippen molar-refractivity contribution in [1.82, 2.24) is 9.62 Å². The minimum absolute atomic E-state index is 0.0585. The van der Waals surface area contributed by atoms with Crippen LogP contribution in [0.4, 0.5) is 4.79 Å². The third-order valence-corrected chi connectivity index (χ3v) is 3.98. The third-order valence-electron chi connectivity index (χ3n) is 3.06. The van der Waals surface area contributed by atoms with Crippen LogP contribution in [0.1, 0.15) is 13.8 Å². The van der Waals surface area contributed by atoms with E-state index in [0.29, 0.717) is 0 Å². The van der Waals surface area contributed by atoms with Gasteiger partial charge in [0.05, 0.1) is 18.6 Å². The Morgan fingerprint density at radius 1 is 1.48 bits per heavy atom. The molecule has 1 aliphatic rings. The van der Waals surface area contributed by atoms with E-state index in [1.807, 2.05) is 0 Å². The fraction of sp³-hybridized carbons (Fsp3) is 0.800. The molecule has 0 unspecified atom stereocenters. The van der Waals surface area contributed by atoms with Crippen molar-refractivity contribution in [3.8, 4) is 0 Å². The van der Waals surface area contributed by atoms with Crippen molar-refractivity contribution in [3.05, 3.63) is 0 Å². The molecule has 4 atom stereocenters. The van der Waals surface area contributed by atoms with Crippen LogP contribution in [-0.2, 0) is 19.8 Å². The minimum atomic E-state index is -4.81. The molecule has 0 bridgehead atoms. The number of aliphatic hydroxyl groups is 2. The molecule has 11 heteroatoms. The number of aliphatic hydroxyl groups excluding tert-OH is 2. The lowest BCUT2D eigenvalue weighted by Gasteiger charge is -2.47. The molecular formula is C10H18N2O8S. The summed E-state index contributed by atoms with van der Waals surface area (Å²) in [7, 11) is -4.81. The van der Waals surface area contributed by atoms with Crippen LogP contribution >= 0.6 is 0 Å². The molecule has 1 heterocycles. The molecule has 122 valence electrons. The summed E-state index contributed by atoms with van der Waals surface area (Å²) in [5.41, 5.74) is 0. The van der Waals surface area contributed by atoms with E-state index in [1.54, 1.807) is 0 Å². The summed E-state index contributed by atoms with van der Waals surface area (Å²) in [5, 5.41) is 20.2. The van der Waals surface area contributed by atoms with Crippen molar-refractivity contribution in [3.63, 3.8) is 0 Å². The average molecular weight is 326 g/mol. The summed E-state index contributed by atoms with van der Waals surface area (Å²) >= 11 is 0. The van der Waals surface area contributed by atoms with Gasteiger partial charge in [-0.2, -0.15) is 8.42 Å². The van der Waals surface area contributed by atoms with Gasteiger partial charge in [-0.05, 0) is 13.8 Å². The van der Waals surface area contributed by atoms with Crippen molar-refractivity contribution in [1.29, 1.82) is 0 Å². The second-order valence-electron chi connectivity index (χ2n) is 4.63. The first kappa shape index (κ1) is 17.6. The molecule has 0 aliphatic carbocycles. The zero-order valence-corrected chi connectivity index (χ0v) is 12.3. The van der Waals surface area contributed by atoms with Gasteiger partial charge in [-0.3, -0.25) is 9.35 Å². The third kappa shape index (κ3) is 3.81. The van der Waals surface area contributed by atoms with Gasteiger partial charge in [-0.25, -0.2) is 9.10 Å². The van der Waals surface area contributed by atoms with E-state index < -0.39 is 46.5 Å². The second kappa shape index (κ2) is 6.56. The Balaban J connectivity index is 2.84. The molecule has 0 aromatic heterocycles. The van der Waals surface area contributed by atoms with Gasteiger partial charge in [0.25, 0.3) is 0 Å². The molecule has 21 heavy (non-hydrogen) atoms. The summed E-state index contributed by atoms with van der Waals surface area (Å²) in [6, 6.07) is -1.20. The minimum Gasteiger partial charge on any atom is -0.444 e. The molecule has 0 spiro atoms. The highest BCUT2D eigenvalue weighted by Gasteiger charge is 2.58. The number of β-lactam (4-membered cyclic amide) rings is 1. The van der Waals surface area contributed by atoms with Crippen LogP contribution in [0, 0.1) is 5.92 Å². The zero-order valence-electron chi connectivity index (χ0n) is 11.5. The Morgan fingerprint density at radius 2 is 2.05 bits per heavy atom. The first-order chi connectivity index (χ1) is 9.61. The number of rotatable bonds is 6. The number of nitrogens with zero attached hydrogens (tertiary/aromatic N) is 1. The van der Waals surface area contributed by atoms with Gasteiger partial charge in [0, 0.05) is 6.54 Å². The van der Waals surface area contributed by atoms with Crippen molar-refractivity contribution >= 4 is 22.3 Å². The van der Waals surface area contributed by atoms with Crippen LogP contribution in [0.2, 0.25) is 0 Å². The molecule has 10 nitrogen and oxygen atoms in total. The first-order valence-electron chi connectivity index (χ1n) is 6.15. The molecule has 1 fully saturated rings. The smallest absolute Gasteiger partial charge is 0.407 e. The van der Waals surface area contributed by atoms with Crippen molar-refractivity contribution in [2.45, 2.75) is 32.1 Å². The summed E-state index contributed by atoms with van der Waals surface area (Å²) in [6.07, 6.45) is -3.19. The molecule has 0 saturated carbocycles. The van der Waals surface area contributed by atoms with E-state index in [4.69, 9.17) is 14.4 Å². The Morgan fingerprint density at radius 3 is 2.48 bits per heavy atom. The summed E-state index contributed by atoms with van der Waals surface area (Å²) < 4.78 is 36.4. The number of hydrogen-bond acceptors (Lipinski definition) is 7. The molecule has 1 rings (SSSR count). The lowest BCUT2D eigenvalue weighted by molar-refractivity contribution is -0.160. The number of amides is 2. The lowest BCUT2D eigenvalue weighted by atomic mass is 9.83. The zero-order chi connectivity index (χ0) is 16.4. The van der Waals surface area contributed by atoms with E-state index in [1.165, 1.54) is 13.8 Å². The van der Waals surface area contributed by atoms with Gasteiger partial charge in [-0.1, -0.05) is 0 Å². The fourth-order valence-electron chi connectivity index (χ4n) is 2.18. The highest BCUT2D eigenvalue weighted by molar-refractivity contribution is 7.84. The lowest BCUT2D eigenvalue weighted by Crippen LogP contribution is -2.69. The highest BCUT2D eigenvalue weighted by atomic mass is 32.2. The molecule has 1 saturated heterocycles. The number of carbonyl (C=O) groups is 2. The van der Waals surface area contributed by atoms with Crippen LogP contribution < -0.4 is 5.32 Å². The van der Waals surface area contributed by atoms with Gasteiger partial charge < -0.3 is 20.3 Å². The predicted octanol–water partition coefficient (Wildman–Crippen LogP) is -1.90. The standard InChI is InChI=1S/C10H18N2O8S/c1-5(14)7-8(12(9(7)15)21(17,18)19)6(2)20-10(16)11-3-4-13/h5-8,13-14H,3-4H2,1-2H3,(H,11,16)(H,17,18,19)/t5-,6+,7-,8-/m1/s1. The first-order valence-corrected chi connectivity index (χ1v) is 7.55. The van der Waals surface area contributed by atoms with Crippen LogP contribution in [0.3, 0.4) is 0 Å². The number of hydrogen-bond donors (Lipinski definition) is 4. The number of ether oxygens (including phenoxy) is 1. The van der Waals surface area contributed by atoms with E-state index >= 15 is 0 Å². The normalized spacial score (nSPS) is 25.0. The van der Waals surface area contributed by atoms with Gasteiger partial charge in [0.1, 0.15) is 12.1 Å². The van der Waals surface area contributed by atoms with Crippen LogP contribution in [0.15, 0.2) is 0 Å². The maximum absolute atomic E-state index is 11.7. The van der Waals surface area contributed by atoms with E-state index in [0.717, 1.165) is 0 Å². The number of alkyl carbamates (subject to hydrolysis) is 1. The predicted molar refractivity (Wildman–Crippen MR) is 68.4 cm³/mol. The second-order valence-corrected chi connectivity index (χ2v) is 5.92. The van der Waals surface area contributed by atoms with Crippen molar-refractivity contribution in [2.75, 3.05) is 13.2 Å².